The van der Waals surface area contributed by atoms with Gasteiger partial charge < -0.3 is 10.0 Å². The molecule has 0 aliphatic carbocycles. The van der Waals surface area contributed by atoms with Crippen molar-refractivity contribution < 1.29 is 18.7 Å². The summed E-state index contributed by atoms with van der Waals surface area (Å²) in [5.41, 5.74) is 0.351. The predicted octanol–water partition coefficient (Wildman–Crippen LogP) is 3.44. The summed E-state index contributed by atoms with van der Waals surface area (Å²) in [7, 11) is 0. The molecule has 0 atom stereocenters. The van der Waals surface area contributed by atoms with E-state index >= 15 is 0 Å². The van der Waals surface area contributed by atoms with E-state index < -0.39 is 28.7 Å². The van der Waals surface area contributed by atoms with E-state index in [0.717, 1.165) is 38.1 Å². The molecule has 7 heteroatoms. The van der Waals surface area contributed by atoms with Gasteiger partial charge in [0.25, 0.3) is 0 Å². The number of hydrogen-bond donors (Lipinski definition) is 1. The van der Waals surface area contributed by atoms with Crippen LogP contribution in [-0.4, -0.2) is 33.9 Å². The second-order valence-electron chi connectivity index (χ2n) is 6.21. The van der Waals surface area contributed by atoms with Crippen LogP contribution in [-0.2, 0) is 0 Å². The van der Waals surface area contributed by atoms with E-state index in [0.29, 0.717) is 16.9 Å². The van der Waals surface area contributed by atoms with Gasteiger partial charge in [0.1, 0.15) is 11.6 Å². The maximum absolute atomic E-state index is 14.0. The van der Waals surface area contributed by atoms with Crippen molar-refractivity contribution in [3.05, 3.63) is 59.3 Å². The molecule has 26 heavy (non-hydrogen) atoms. The molecule has 1 aliphatic rings. The van der Waals surface area contributed by atoms with Gasteiger partial charge in [-0.1, -0.05) is 0 Å². The molecule has 1 saturated heterocycles. The van der Waals surface area contributed by atoms with E-state index in [2.05, 4.69) is 14.9 Å². The Labute approximate surface area is 147 Å². The second kappa shape index (κ2) is 6.33. The van der Waals surface area contributed by atoms with Crippen LogP contribution in [0.25, 0.3) is 11.0 Å². The molecule has 5 nitrogen and oxygen atoms in total. The maximum Gasteiger partial charge on any atom is 0.199 e. The third-order valence-corrected chi connectivity index (χ3v) is 4.52. The molecular formula is C19H15F2N3O2. The second-order valence-corrected chi connectivity index (χ2v) is 6.21. The lowest BCUT2D eigenvalue weighted by Gasteiger charge is -2.16. The number of aromatic nitrogens is 2. The van der Waals surface area contributed by atoms with Gasteiger partial charge in [0.05, 0.1) is 22.8 Å². The number of ketones is 1. The quantitative estimate of drug-likeness (QED) is 0.729. The number of anilines is 1. The average Bonchev–Trinajstić information content (AvgIpc) is 3.19. The van der Waals surface area contributed by atoms with E-state index in [1.165, 1.54) is 12.1 Å². The largest absolute Gasteiger partial charge is 0.505 e. The van der Waals surface area contributed by atoms with E-state index in [1.807, 2.05) is 0 Å². The predicted molar refractivity (Wildman–Crippen MR) is 92.4 cm³/mol. The summed E-state index contributed by atoms with van der Waals surface area (Å²) in [6.45, 7) is 1.80. The molecule has 0 bridgehead atoms. The molecule has 1 fully saturated rings. The van der Waals surface area contributed by atoms with Crippen LogP contribution in [0.3, 0.4) is 0 Å². The first kappa shape index (κ1) is 16.4. The summed E-state index contributed by atoms with van der Waals surface area (Å²) >= 11 is 0. The maximum atomic E-state index is 14.0. The van der Waals surface area contributed by atoms with Crippen LogP contribution in [0.1, 0.15) is 28.8 Å². The van der Waals surface area contributed by atoms with Gasteiger partial charge in [-0.3, -0.25) is 9.78 Å². The number of hydrogen-bond acceptors (Lipinski definition) is 5. The van der Waals surface area contributed by atoms with Crippen molar-refractivity contribution in [1.82, 2.24) is 9.97 Å². The first-order valence-electron chi connectivity index (χ1n) is 8.28. The molecule has 0 spiro atoms. The van der Waals surface area contributed by atoms with Gasteiger partial charge in [0.15, 0.2) is 17.3 Å². The van der Waals surface area contributed by atoms with Gasteiger partial charge in [-0.05, 0) is 43.2 Å². The lowest BCUT2D eigenvalue weighted by molar-refractivity contribution is 0.103. The Hall–Kier alpha value is -3.09. The van der Waals surface area contributed by atoms with Crippen LogP contribution in [0.15, 0.2) is 36.5 Å². The van der Waals surface area contributed by atoms with Crippen molar-refractivity contribution in [1.29, 1.82) is 0 Å². The number of aromatic hydroxyl groups is 1. The Morgan fingerprint density at radius 1 is 1.08 bits per heavy atom. The molecule has 4 rings (SSSR count). The summed E-state index contributed by atoms with van der Waals surface area (Å²) < 4.78 is 28.0. The monoisotopic (exact) mass is 355 g/mol. The fourth-order valence-corrected chi connectivity index (χ4v) is 3.14. The highest BCUT2D eigenvalue weighted by atomic mass is 19.1. The lowest BCUT2D eigenvalue weighted by atomic mass is 10.0. The van der Waals surface area contributed by atoms with Gasteiger partial charge in [0.2, 0.25) is 0 Å². The zero-order valence-electron chi connectivity index (χ0n) is 13.7. The molecule has 0 amide bonds. The summed E-state index contributed by atoms with van der Waals surface area (Å²) in [5.74, 6) is -3.21. The fourth-order valence-electron chi connectivity index (χ4n) is 3.14. The zero-order chi connectivity index (χ0) is 18.3. The first-order chi connectivity index (χ1) is 12.5. The summed E-state index contributed by atoms with van der Waals surface area (Å²) in [5, 5.41) is 9.43. The number of carbonyl (C=O) groups is 1. The summed E-state index contributed by atoms with van der Waals surface area (Å²) in [6, 6.07) is 6.22. The highest BCUT2D eigenvalue weighted by Crippen LogP contribution is 2.26. The smallest absolute Gasteiger partial charge is 0.199 e. The van der Waals surface area contributed by atoms with E-state index in [1.54, 1.807) is 12.3 Å². The zero-order valence-corrected chi connectivity index (χ0v) is 13.7. The fraction of sp³-hybridized carbons (Fsp3) is 0.211. The summed E-state index contributed by atoms with van der Waals surface area (Å²) in [4.78, 5) is 23.6. The molecule has 1 aliphatic heterocycles. The molecule has 3 aromatic rings. The van der Waals surface area contributed by atoms with Crippen molar-refractivity contribution in [3.63, 3.8) is 0 Å². The third-order valence-electron chi connectivity index (χ3n) is 4.52. The van der Waals surface area contributed by atoms with Crippen molar-refractivity contribution in [2.75, 3.05) is 18.0 Å². The van der Waals surface area contributed by atoms with E-state index in [-0.39, 0.29) is 5.56 Å². The minimum absolute atomic E-state index is 0.0776. The molecule has 2 aromatic carbocycles. The average molecular weight is 355 g/mol. The van der Waals surface area contributed by atoms with Crippen LogP contribution in [0, 0.1) is 11.6 Å². The van der Waals surface area contributed by atoms with Gasteiger partial charge in [-0.25, -0.2) is 13.8 Å². The minimum Gasteiger partial charge on any atom is -0.505 e. The SMILES string of the molecule is O=C(c1ccc2ncc(N3CCCC3)nc2c1)c1c(F)ccc(O)c1F. The highest BCUT2D eigenvalue weighted by molar-refractivity contribution is 6.10. The Bertz CT molecular complexity index is 1020. The van der Waals surface area contributed by atoms with Gasteiger partial charge in [-0.2, -0.15) is 0 Å². The van der Waals surface area contributed by atoms with Crippen molar-refractivity contribution in [2.24, 2.45) is 0 Å². The molecule has 0 radical (unpaired) electrons. The highest BCUT2D eigenvalue weighted by Gasteiger charge is 2.22. The molecular weight excluding hydrogens is 340 g/mol. The number of nitrogens with zero attached hydrogens (tertiary/aromatic N) is 3. The third kappa shape index (κ3) is 2.75. The Morgan fingerprint density at radius 3 is 2.62 bits per heavy atom. The van der Waals surface area contributed by atoms with Crippen molar-refractivity contribution in [2.45, 2.75) is 12.8 Å². The topological polar surface area (TPSA) is 66.3 Å². The van der Waals surface area contributed by atoms with Crippen LogP contribution < -0.4 is 4.90 Å². The van der Waals surface area contributed by atoms with Crippen LogP contribution in [0.4, 0.5) is 14.6 Å². The normalized spacial score (nSPS) is 14.2. The molecule has 1 N–H and O–H groups in total. The Kier molecular flexibility index (Phi) is 3.99. The molecule has 0 unspecified atom stereocenters. The number of phenolic OH excluding ortho intramolecular Hbond substituents is 1. The van der Waals surface area contributed by atoms with Gasteiger partial charge in [-0.15, -0.1) is 0 Å². The molecule has 2 heterocycles. The number of benzene rings is 2. The van der Waals surface area contributed by atoms with Crippen molar-refractivity contribution in [3.8, 4) is 5.75 Å². The standard InChI is InChI=1S/C19H15F2N3O2/c20-12-4-6-15(25)18(21)17(12)19(26)11-3-5-13-14(9-11)23-16(10-22-13)24-7-1-2-8-24/h3-6,9-10,25H,1-2,7-8H2. The number of carbonyl (C=O) groups excluding carboxylic acids is 1. The number of phenols is 1. The van der Waals surface area contributed by atoms with E-state index in [9.17, 15) is 18.7 Å². The first-order valence-corrected chi connectivity index (χ1v) is 8.28. The van der Waals surface area contributed by atoms with E-state index in [4.69, 9.17) is 0 Å². The minimum atomic E-state index is -1.27. The van der Waals surface area contributed by atoms with Gasteiger partial charge in [0, 0.05) is 18.7 Å². The van der Waals surface area contributed by atoms with Crippen LogP contribution >= 0.6 is 0 Å². The summed E-state index contributed by atoms with van der Waals surface area (Å²) in [6.07, 6.45) is 3.87. The number of fused-ring (bicyclic) bond motifs is 1. The van der Waals surface area contributed by atoms with Gasteiger partial charge >= 0.3 is 0 Å². The molecule has 1 aromatic heterocycles. The molecule has 0 saturated carbocycles. The Balaban J connectivity index is 1.77. The number of halogens is 2. The number of rotatable bonds is 3. The molecule has 132 valence electrons. The van der Waals surface area contributed by atoms with Crippen molar-refractivity contribution >= 4 is 22.6 Å². The Morgan fingerprint density at radius 2 is 1.85 bits per heavy atom. The lowest BCUT2D eigenvalue weighted by Crippen LogP contribution is -2.19. The van der Waals surface area contributed by atoms with Crippen LogP contribution in [0.2, 0.25) is 0 Å². The van der Waals surface area contributed by atoms with Crippen LogP contribution in [0.5, 0.6) is 5.75 Å².